The maximum atomic E-state index is 12.6. The molecule has 26 heavy (non-hydrogen) atoms. The fourth-order valence-corrected chi connectivity index (χ4v) is 3.26. The Labute approximate surface area is 161 Å². The van der Waals surface area contributed by atoms with Crippen molar-refractivity contribution in [2.24, 2.45) is 5.92 Å². The van der Waals surface area contributed by atoms with Crippen molar-refractivity contribution in [1.82, 2.24) is 0 Å². The summed E-state index contributed by atoms with van der Waals surface area (Å²) in [6.07, 6.45) is 0.129. The van der Waals surface area contributed by atoms with Crippen LogP contribution in [0.15, 0.2) is 42.5 Å². The number of nitrogens with zero attached hydrogens (tertiary/aromatic N) is 1. The van der Waals surface area contributed by atoms with Crippen LogP contribution in [0.2, 0.25) is 10.0 Å². The van der Waals surface area contributed by atoms with Crippen LogP contribution in [0.1, 0.15) is 13.3 Å². The lowest BCUT2D eigenvalue weighted by Crippen LogP contribution is -2.28. The molecule has 5 nitrogen and oxygen atoms in total. The van der Waals surface area contributed by atoms with Crippen LogP contribution in [-0.4, -0.2) is 25.0 Å². The molecule has 0 radical (unpaired) electrons. The molecule has 0 saturated carbocycles. The van der Waals surface area contributed by atoms with Gasteiger partial charge in [0.05, 0.1) is 33.9 Å². The lowest BCUT2D eigenvalue weighted by molar-refractivity contribution is -0.122. The Balaban J connectivity index is 1.75. The number of para-hydroxylation sites is 2. The second-order valence-electron chi connectivity index (χ2n) is 5.90. The van der Waals surface area contributed by atoms with Crippen LogP contribution in [0, 0.1) is 5.92 Å². The van der Waals surface area contributed by atoms with Gasteiger partial charge < -0.3 is 15.0 Å². The normalized spacial score (nSPS) is 16.7. The zero-order valence-corrected chi connectivity index (χ0v) is 15.7. The first kappa shape index (κ1) is 18.5. The molecule has 1 aliphatic heterocycles. The molecule has 0 bridgehead atoms. The third-order valence-electron chi connectivity index (χ3n) is 4.16. The molecule has 1 heterocycles. The van der Waals surface area contributed by atoms with E-state index in [-0.39, 0.29) is 29.8 Å². The van der Waals surface area contributed by atoms with Gasteiger partial charge in [-0.3, -0.25) is 9.59 Å². The number of ether oxygens (including phenoxy) is 1. The fourth-order valence-electron chi connectivity index (χ4n) is 2.91. The molecule has 1 N–H and O–H groups in total. The molecular formula is C19H18Cl2N2O3. The van der Waals surface area contributed by atoms with E-state index in [1.807, 2.05) is 31.2 Å². The quantitative estimate of drug-likeness (QED) is 0.820. The summed E-state index contributed by atoms with van der Waals surface area (Å²) in [5, 5.41) is 3.40. The van der Waals surface area contributed by atoms with Gasteiger partial charge in [-0.2, -0.15) is 0 Å². The SMILES string of the molecule is CCOc1ccccc1N1CC(C(=O)Nc2cccc(Cl)c2Cl)CC1=O. The van der Waals surface area contributed by atoms with Crippen molar-refractivity contribution in [3.05, 3.63) is 52.5 Å². The van der Waals surface area contributed by atoms with E-state index in [2.05, 4.69) is 5.32 Å². The molecular weight excluding hydrogens is 375 g/mol. The van der Waals surface area contributed by atoms with Crippen molar-refractivity contribution in [3.63, 3.8) is 0 Å². The lowest BCUT2D eigenvalue weighted by Gasteiger charge is -2.20. The van der Waals surface area contributed by atoms with E-state index in [0.29, 0.717) is 28.8 Å². The number of hydrogen-bond acceptors (Lipinski definition) is 3. The van der Waals surface area contributed by atoms with Gasteiger partial charge in [-0.05, 0) is 31.2 Å². The highest BCUT2D eigenvalue weighted by atomic mass is 35.5. The molecule has 1 atom stereocenters. The van der Waals surface area contributed by atoms with Gasteiger partial charge in [0.25, 0.3) is 0 Å². The largest absolute Gasteiger partial charge is 0.492 e. The van der Waals surface area contributed by atoms with Crippen LogP contribution in [0.25, 0.3) is 0 Å². The molecule has 3 rings (SSSR count). The van der Waals surface area contributed by atoms with Crippen LogP contribution in [0.4, 0.5) is 11.4 Å². The molecule has 136 valence electrons. The summed E-state index contributed by atoms with van der Waals surface area (Å²) >= 11 is 12.1. The zero-order valence-electron chi connectivity index (χ0n) is 14.2. The zero-order chi connectivity index (χ0) is 18.7. The van der Waals surface area contributed by atoms with Gasteiger partial charge in [0, 0.05) is 13.0 Å². The van der Waals surface area contributed by atoms with E-state index >= 15 is 0 Å². The van der Waals surface area contributed by atoms with Crippen LogP contribution < -0.4 is 15.0 Å². The molecule has 1 saturated heterocycles. The number of amides is 2. The summed E-state index contributed by atoms with van der Waals surface area (Å²) < 4.78 is 5.59. The topological polar surface area (TPSA) is 58.6 Å². The Morgan fingerprint density at radius 2 is 2.00 bits per heavy atom. The highest BCUT2D eigenvalue weighted by Crippen LogP contribution is 2.34. The van der Waals surface area contributed by atoms with E-state index < -0.39 is 5.92 Å². The summed E-state index contributed by atoms with van der Waals surface area (Å²) in [6.45, 7) is 2.66. The van der Waals surface area contributed by atoms with Crippen LogP contribution >= 0.6 is 23.2 Å². The average Bonchev–Trinajstić information content (AvgIpc) is 3.01. The summed E-state index contributed by atoms with van der Waals surface area (Å²) in [7, 11) is 0. The predicted molar refractivity (Wildman–Crippen MR) is 103 cm³/mol. The highest BCUT2D eigenvalue weighted by molar-refractivity contribution is 6.44. The lowest BCUT2D eigenvalue weighted by atomic mass is 10.1. The second-order valence-corrected chi connectivity index (χ2v) is 6.68. The maximum absolute atomic E-state index is 12.6. The van der Waals surface area contributed by atoms with E-state index in [4.69, 9.17) is 27.9 Å². The number of benzene rings is 2. The van der Waals surface area contributed by atoms with Crippen molar-refractivity contribution in [2.75, 3.05) is 23.4 Å². The molecule has 0 spiro atoms. The van der Waals surface area contributed by atoms with Crippen molar-refractivity contribution in [2.45, 2.75) is 13.3 Å². The van der Waals surface area contributed by atoms with Gasteiger partial charge in [0.15, 0.2) is 0 Å². The second kappa shape index (κ2) is 7.98. The fraction of sp³-hybridized carbons (Fsp3) is 0.263. The Morgan fingerprint density at radius 3 is 2.77 bits per heavy atom. The summed E-state index contributed by atoms with van der Waals surface area (Å²) in [6, 6.07) is 12.3. The maximum Gasteiger partial charge on any atom is 0.229 e. The minimum atomic E-state index is -0.479. The van der Waals surface area contributed by atoms with Crippen LogP contribution in [0.3, 0.4) is 0 Å². The number of hydrogen-bond donors (Lipinski definition) is 1. The van der Waals surface area contributed by atoms with Crippen molar-refractivity contribution in [1.29, 1.82) is 0 Å². The first-order chi connectivity index (χ1) is 12.5. The molecule has 0 aromatic heterocycles. The van der Waals surface area contributed by atoms with Gasteiger partial charge in [0.2, 0.25) is 11.8 Å². The number of carbonyl (C=O) groups is 2. The standard InChI is InChI=1S/C19H18Cl2N2O3/c1-2-26-16-9-4-3-8-15(16)23-11-12(10-17(23)24)19(25)22-14-7-5-6-13(20)18(14)21/h3-9,12H,2,10-11H2,1H3,(H,22,25). The molecule has 2 aromatic rings. The van der Waals surface area contributed by atoms with Gasteiger partial charge in [-0.25, -0.2) is 0 Å². The molecule has 2 aromatic carbocycles. The Hall–Kier alpha value is -2.24. The molecule has 0 aliphatic carbocycles. The minimum absolute atomic E-state index is 0.116. The monoisotopic (exact) mass is 392 g/mol. The molecule has 1 fully saturated rings. The summed E-state index contributed by atoms with van der Waals surface area (Å²) in [5.41, 5.74) is 1.11. The molecule has 1 aliphatic rings. The first-order valence-electron chi connectivity index (χ1n) is 8.28. The highest BCUT2D eigenvalue weighted by Gasteiger charge is 2.36. The molecule has 7 heteroatoms. The van der Waals surface area contributed by atoms with Gasteiger partial charge in [-0.15, -0.1) is 0 Å². The van der Waals surface area contributed by atoms with Gasteiger partial charge >= 0.3 is 0 Å². The number of nitrogens with one attached hydrogen (secondary N) is 1. The van der Waals surface area contributed by atoms with Crippen molar-refractivity contribution >= 4 is 46.4 Å². The van der Waals surface area contributed by atoms with Gasteiger partial charge in [-0.1, -0.05) is 41.4 Å². The molecule has 2 amide bonds. The van der Waals surface area contributed by atoms with Gasteiger partial charge in [0.1, 0.15) is 5.75 Å². The van der Waals surface area contributed by atoms with Crippen molar-refractivity contribution in [3.8, 4) is 5.75 Å². The Bertz CT molecular complexity index is 841. The van der Waals surface area contributed by atoms with Crippen LogP contribution in [-0.2, 0) is 9.59 Å². The number of anilines is 2. The number of rotatable bonds is 5. The minimum Gasteiger partial charge on any atom is -0.492 e. The van der Waals surface area contributed by atoms with E-state index in [0.717, 1.165) is 0 Å². The summed E-state index contributed by atoms with van der Waals surface area (Å²) in [4.78, 5) is 26.6. The van der Waals surface area contributed by atoms with E-state index in [9.17, 15) is 9.59 Å². The Morgan fingerprint density at radius 1 is 1.23 bits per heavy atom. The molecule has 1 unspecified atom stereocenters. The predicted octanol–water partition coefficient (Wildman–Crippen LogP) is 4.38. The average molecular weight is 393 g/mol. The first-order valence-corrected chi connectivity index (χ1v) is 9.04. The smallest absolute Gasteiger partial charge is 0.229 e. The Kier molecular flexibility index (Phi) is 5.69. The van der Waals surface area contributed by atoms with E-state index in [1.54, 1.807) is 23.1 Å². The van der Waals surface area contributed by atoms with Crippen molar-refractivity contribution < 1.29 is 14.3 Å². The third-order valence-corrected chi connectivity index (χ3v) is 4.98. The third kappa shape index (κ3) is 3.79. The number of carbonyl (C=O) groups excluding carboxylic acids is 2. The van der Waals surface area contributed by atoms with E-state index in [1.165, 1.54) is 0 Å². The van der Waals surface area contributed by atoms with Crippen LogP contribution in [0.5, 0.6) is 5.75 Å². The number of halogens is 2. The summed E-state index contributed by atoms with van der Waals surface area (Å²) in [5.74, 6) is -0.233.